The van der Waals surface area contributed by atoms with E-state index in [0.717, 1.165) is 12.8 Å². The first-order chi connectivity index (χ1) is 14.0. The number of aryl methyl sites for hydroxylation is 1. The minimum atomic E-state index is -4.47. The molecule has 0 bridgehead atoms. The number of esters is 2. The summed E-state index contributed by atoms with van der Waals surface area (Å²) >= 11 is 0. The van der Waals surface area contributed by atoms with E-state index in [2.05, 4.69) is 15.8 Å². The van der Waals surface area contributed by atoms with Gasteiger partial charge in [-0.2, -0.15) is 0 Å². The van der Waals surface area contributed by atoms with Crippen molar-refractivity contribution in [1.29, 1.82) is 0 Å². The molecule has 1 rings (SSSR count). The van der Waals surface area contributed by atoms with Crippen molar-refractivity contribution in [3.8, 4) is 0 Å². The number of carbonyl (C=O) groups is 2. The molecule has 1 atom stereocenters. The van der Waals surface area contributed by atoms with Crippen LogP contribution in [-0.4, -0.2) is 49.8 Å². The lowest BCUT2D eigenvalue weighted by Crippen LogP contribution is -2.48. The number of methoxy groups -OCH3 is 1. The third-order valence-electron chi connectivity index (χ3n) is 4.27. The molecule has 1 unspecified atom stereocenters. The molecule has 11 heteroatoms. The van der Waals surface area contributed by atoms with Crippen LogP contribution < -0.4 is 4.57 Å². The number of hydrogen-bond donors (Lipinski definition) is 0. The average Bonchev–Trinajstić information content (AvgIpc) is 3.12. The van der Waals surface area contributed by atoms with Gasteiger partial charge in [-0.1, -0.05) is 39.0 Å². The summed E-state index contributed by atoms with van der Waals surface area (Å²) in [6.45, 7) is 5.52. The fourth-order valence-electron chi connectivity index (χ4n) is 2.52. The van der Waals surface area contributed by atoms with Crippen LogP contribution in [0.5, 0.6) is 0 Å². The summed E-state index contributed by atoms with van der Waals surface area (Å²) in [7, 11) is -1.44. The maximum absolute atomic E-state index is 11.9. The SMILES string of the molecule is CCCCCCCCOS(=O)(=O)[O-].CCOC(=O)C(C)(C(=O)OC)n1cc[n+](C)c1. The third-order valence-corrected chi connectivity index (χ3v) is 4.72. The van der Waals surface area contributed by atoms with Gasteiger partial charge in [-0.25, -0.2) is 27.1 Å². The molecule has 0 spiro atoms. The third kappa shape index (κ3) is 10.2. The molecule has 0 radical (unpaired) electrons. The maximum Gasteiger partial charge on any atom is 0.366 e. The van der Waals surface area contributed by atoms with Crippen molar-refractivity contribution in [2.75, 3.05) is 20.3 Å². The molecule has 0 saturated heterocycles. The summed E-state index contributed by atoms with van der Waals surface area (Å²) in [6, 6.07) is 0. The predicted octanol–water partition coefficient (Wildman–Crippen LogP) is 1.59. The molecular formula is C19H34N2O8S. The van der Waals surface area contributed by atoms with Crippen LogP contribution in [0, 0.1) is 0 Å². The van der Waals surface area contributed by atoms with Gasteiger partial charge in [0, 0.05) is 6.92 Å². The molecule has 0 aliphatic carbocycles. The minimum absolute atomic E-state index is 0.0258. The first kappa shape index (κ1) is 28.0. The van der Waals surface area contributed by atoms with Crippen molar-refractivity contribution in [2.45, 2.75) is 64.8 Å². The molecule has 0 amide bonds. The van der Waals surface area contributed by atoms with Gasteiger partial charge in [0.2, 0.25) is 16.7 Å². The maximum atomic E-state index is 11.9. The van der Waals surface area contributed by atoms with E-state index >= 15 is 0 Å². The van der Waals surface area contributed by atoms with Gasteiger partial charge in [0.25, 0.3) is 0 Å². The highest BCUT2D eigenvalue weighted by molar-refractivity contribution is 7.80. The quantitative estimate of drug-likeness (QED) is 0.117. The number of aromatic nitrogens is 2. The van der Waals surface area contributed by atoms with Gasteiger partial charge < -0.3 is 14.0 Å². The summed E-state index contributed by atoms with van der Waals surface area (Å²) < 4.78 is 46.8. The van der Waals surface area contributed by atoms with Gasteiger partial charge >= 0.3 is 17.5 Å². The number of ether oxygens (including phenoxy) is 2. The van der Waals surface area contributed by atoms with Crippen LogP contribution >= 0.6 is 0 Å². The Bertz CT molecular complexity index is 747. The second-order valence-corrected chi connectivity index (χ2v) is 7.82. The van der Waals surface area contributed by atoms with Gasteiger partial charge in [0.1, 0.15) is 12.4 Å². The Morgan fingerprint density at radius 2 is 1.70 bits per heavy atom. The molecule has 0 aliphatic rings. The molecule has 1 heterocycles. The van der Waals surface area contributed by atoms with Gasteiger partial charge in [0.05, 0.1) is 27.4 Å². The highest BCUT2D eigenvalue weighted by atomic mass is 32.3. The van der Waals surface area contributed by atoms with E-state index in [0.29, 0.717) is 6.42 Å². The number of nitrogens with zero attached hydrogens (tertiary/aromatic N) is 2. The monoisotopic (exact) mass is 450 g/mol. The highest BCUT2D eigenvalue weighted by Gasteiger charge is 2.50. The summed E-state index contributed by atoms with van der Waals surface area (Å²) in [5, 5.41) is 0. The zero-order valence-electron chi connectivity index (χ0n) is 18.5. The van der Waals surface area contributed by atoms with Crippen LogP contribution in [0.15, 0.2) is 18.7 Å². The van der Waals surface area contributed by atoms with Gasteiger partial charge in [0.15, 0.2) is 0 Å². The van der Waals surface area contributed by atoms with E-state index in [1.807, 2.05) is 0 Å². The molecule has 0 fully saturated rings. The Balaban J connectivity index is 0.000000584. The van der Waals surface area contributed by atoms with Crippen LogP contribution in [0.25, 0.3) is 0 Å². The van der Waals surface area contributed by atoms with Gasteiger partial charge in [-0.15, -0.1) is 0 Å². The number of unbranched alkanes of at least 4 members (excludes halogenated alkanes) is 5. The van der Waals surface area contributed by atoms with Crippen LogP contribution in [0.3, 0.4) is 0 Å². The lowest BCUT2D eigenvalue weighted by atomic mass is 10.0. The van der Waals surface area contributed by atoms with E-state index in [9.17, 15) is 22.6 Å². The van der Waals surface area contributed by atoms with E-state index in [1.54, 1.807) is 37.3 Å². The fraction of sp³-hybridized carbons (Fsp3) is 0.737. The van der Waals surface area contributed by atoms with Crippen LogP contribution in [0.1, 0.15) is 59.3 Å². The summed E-state index contributed by atoms with van der Waals surface area (Å²) in [4.78, 5) is 23.7. The Morgan fingerprint density at radius 1 is 1.10 bits per heavy atom. The summed E-state index contributed by atoms with van der Waals surface area (Å²) in [6.07, 6.45) is 11.2. The molecule has 0 aliphatic heterocycles. The average molecular weight is 451 g/mol. The predicted molar refractivity (Wildman–Crippen MR) is 107 cm³/mol. The molecule has 0 saturated carbocycles. The Morgan fingerprint density at radius 3 is 2.17 bits per heavy atom. The number of rotatable bonds is 12. The van der Waals surface area contributed by atoms with E-state index in [4.69, 9.17) is 4.74 Å². The van der Waals surface area contributed by atoms with Crippen molar-refractivity contribution in [3.63, 3.8) is 0 Å². The summed E-state index contributed by atoms with van der Waals surface area (Å²) in [5.74, 6) is -1.30. The Kier molecular flexibility index (Phi) is 13.2. The fourth-order valence-corrected chi connectivity index (χ4v) is 2.84. The van der Waals surface area contributed by atoms with Crippen molar-refractivity contribution >= 4 is 22.3 Å². The normalized spacial score (nSPS) is 13.0. The van der Waals surface area contributed by atoms with E-state index in [-0.39, 0.29) is 13.2 Å². The van der Waals surface area contributed by atoms with Crippen LogP contribution in [0.2, 0.25) is 0 Å². The molecule has 30 heavy (non-hydrogen) atoms. The highest BCUT2D eigenvalue weighted by Crippen LogP contribution is 2.19. The van der Waals surface area contributed by atoms with E-state index < -0.39 is 27.9 Å². The van der Waals surface area contributed by atoms with Crippen molar-refractivity contribution in [2.24, 2.45) is 7.05 Å². The lowest BCUT2D eigenvalue weighted by molar-refractivity contribution is -0.671. The molecular weight excluding hydrogens is 416 g/mol. The lowest BCUT2D eigenvalue weighted by Gasteiger charge is -2.20. The minimum Gasteiger partial charge on any atom is -0.726 e. The number of imidazole rings is 1. The molecule has 0 N–H and O–H groups in total. The number of carbonyl (C=O) groups excluding carboxylic acids is 2. The number of hydrogen-bond acceptors (Lipinski definition) is 8. The van der Waals surface area contributed by atoms with Crippen molar-refractivity contribution in [3.05, 3.63) is 18.7 Å². The first-order valence-electron chi connectivity index (χ1n) is 9.92. The largest absolute Gasteiger partial charge is 0.726 e. The molecule has 1 aromatic heterocycles. The molecule has 174 valence electrons. The second kappa shape index (κ2) is 14.1. The second-order valence-electron chi connectivity index (χ2n) is 6.77. The van der Waals surface area contributed by atoms with Crippen molar-refractivity contribution in [1.82, 2.24) is 4.57 Å². The van der Waals surface area contributed by atoms with E-state index in [1.165, 1.54) is 37.9 Å². The van der Waals surface area contributed by atoms with Gasteiger partial charge in [-0.3, -0.25) is 4.18 Å². The molecule has 10 nitrogen and oxygen atoms in total. The summed E-state index contributed by atoms with van der Waals surface area (Å²) in [5.41, 5.74) is -1.49. The Hall–Kier alpha value is -1.98. The van der Waals surface area contributed by atoms with Crippen LogP contribution in [-0.2, 0) is 46.2 Å². The topological polar surface area (TPSA) is 128 Å². The molecule has 0 aromatic carbocycles. The zero-order valence-corrected chi connectivity index (χ0v) is 19.3. The van der Waals surface area contributed by atoms with Gasteiger partial charge in [-0.05, 0) is 13.3 Å². The standard InChI is InChI=1S/C11H17N2O4.C8H18O4S/c1-5-17-10(15)11(2,9(14)16-4)13-7-6-12(3)8-13;1-2-3-4-5-6-7-8-12-13(9,10)11/h6-8H,5H2,1-4H3;2-8H2,1H3,(H,9,10,11)/q+1;/p-1. The van der Waals surface area contributed by atoms with Crippen molar-refractivity contribution < 1.29 is 40.8 Å². The zero-order chi connectivity index (χ0) is 23.2. The Labute approximate surface area is 179 Å². The first-order valence-corrected chi connectivity index (χ1v) is 11.3. The van der Waals surface area contributed by atoms with Crippen LogP contribution in [0.4, 0.5) is 0 Å². The molecule has 1 aromatic rings. The smallest absolute Gasteiger partial charge is 0.366 e.